The van der Waals surface area contributed by atoms with Crippen LogP contribution in [0.4, 0.5) is 34.1 Å². The molecule has 0 radical (unpaired) electrons. The highest BCUT2D eigenvalue weighted by molar-refractivity contribution is 7.00. The molecule has 0 unspecified atom stereocenters. The molecule has 4 saturated carbocycles. The van der Waals surface area contributed by atoms with Crippen LogP contribution in [-0.2, 0) is 4.66 Å². The zero-order valence-corrected chi connectivity index (χ0v) is 50.9. The maximum atomic E-state index is 2.76. The van der Waals surface area contributed by atoms with E-state index in [9.17, 15) is 0 Å². The van der Waals surface area contributed by atoms with Gasteiger partial charge in [0.05, 0.1) is 27.5 Å². The molecule has 8 aromatic carbocycles. The Morgan fingerprint density at radius 1 is 0.304 bits per heavy atom. The third-order valence-corrected chi connectivity index (χ3v) is 30.8. The summed E-state index contributed by atoms with van der Waals surface area (Å²) in [5.41, 5.74) is 19.8. The molecule has 0 aromatic heterocycles. The van der Waals surface area contributed by atoms with Crippen molar-refractivity contribution in [2.75, 3.05) is 9.80 Å². The average Bonchev–Trinajstić information content (AvgIpc) is 2.52. The summed E-state index contributed by atoms with van der Waals surface area (Å²) in [4.78, 5) is 5.33. The third kappa shape index (κ3) is 9.47. The summed E-state index contributed by atoms with van der Waals surface area (Å²) in [6, 6.07) is 64.3. The molecule has 0 spiro atoms. The molecular formula is C75H88N2Si2. The van der Waals surface area contributed by atoms with Crippen molar-refractivity contribution in [1.29, 1.82) is 0 Å². The summed E-state index contributed by atoms with van der Waals surface area (Å²) < 4.78 is -0.134. The smallest absolute Gasteiger partial charge is 0.0579 e. The van der Waals surface area contributed by atoms with Gasteiger partial charge < -0.3 is 9.80 Å². The van der Waals surface area contributed by atoms with E-state index < -0.39 is 16.1 Å². The van der Waals surface area contributed by atoms with Gasteiger partial charge in [0.1, 0.15) is 0 Å². The van der Waals surface area contributed by atoms with Crippen molar-refractivity contribution in [2.45, 2.75) is 196 Å². The molecule has 79 heavy (non-hydrogen) atoms. The summed E-state index contributed by atoms with van der Waals surface area (Å²) in [6.07, 6.45) is 26.8. The molecule has 0 N–H and O–H groups in total. The number of fused-ring (bicyclic) bond motifs is 7. The molecule has 4 fully saturated rings. The molecule has 5 aliphatic carbocycles. The molecule has 0 atom stereocenters. The van der Waals surface area contributed by atoms with Gasteiger partial charge in [-0.1, -0.05) is 213 Å². The summed E-state index contributed by atoms with van der Waals surface area (Å²) in [5, 5.41) is 5.41. The summed E-state index contributed by atoms with van der Waals surface area (Å²) >= 11 is 0. The zero-order valence-electron chi connectivity index (χ0n) is 48.9. The van der Waals surface area contributed by atoms with E-state index >= 15 is 0 Å². The number of hydrogen-bond donors (Lipinski definition) is 0. The first-order valence-electron chi connectivity index (χ1n) is 31.6. The monoisotopic (exact) mass is 1070 g/mol. The van der Waals surface area contributed by atoms with Crippen molar-refractivity contribution in [3.63, 3.8) is 0 Å². The third-order valence-electron chi connectivity index (χ3n) is 20.7. The molecule has 4 heteroatoms. The zero-order chi connectivity index (χ0) is 53.9. The first-order valence-corrected chi connectivity index (χ1v) is 38.6. The molecule has 0 amide bonds. The van der Waals surface area contributed by atoms with Gasteiger partial charge in [-0.2, -0.15) is 0 Å². The van der Waals surface area contributed by atoms with Gasteiger partial charge in [0, 0.05) is 38.2 Å². The first kappa shape index (κ1) is 52.7. The summed E-state index contributed by atoms with van der Waals surface area (Å²) in [5.74, 6) is 2.66. The van der Waals surface area contributed by atoms with Crippen molar-refractivity contribution < 1.29 is 0 Å². The van der Waals surface area contributed by atoms with Crippen LogP contribution < -0.4 is 9.80 Å². The Hall–Kier alpha value is -5.69. The fraction of sp³-hybridized carbons (Fsp3) is 0.413. The number of rotatable bonds is 12. The lowest BCUT2D eigenvalue weighted by atomic mass is 9.84. The van der Waals surface area contributed by atoms with Crippen LogP contribution >= 0.6 is 0 Å². The van der Waals surface area contributed by atoms with E-state index in [1.807, 2.05) is 0 Å². The van der Waals surface area contributed by atoms with Gasteiger partial charge in [-0.15, -0.1) is 0 Å². The van der Waals surface area contributed by atoms with E-state index in [0.717, 1.165) is 0 Å². The van der Waals surface area contributed by atoms with E-state index in [-0.39, 0.29) is 4.66 Å². The first-order chi connectivity index (χ1) is 38.5. The Kier molecular flexibility index (Phi) is 14.4. The van der Waals surface area contributed by atoms with Gasteiger partial charge in [0.2, 0.25) is 0 Å². The van der Waals surface area contributed by atoms with E-state index in [1.165, 1.54) is 217 Å². The molecule has 8 aromatic rings. The van der Waals surface area contributed by atoms with Crippen molar-refractivity contribution in [1.82, 2.24) is 0 Å². The van der Waals surface area contributed by atoms with Crippen LogP contribution in [0.2, 0.25) is 39.3 Å². The van der Waals surface area contributed by atoms with Crippen LogP contribution in [-0.4, -0.2) is 16.1 Å². The van der Waals surface area contributed by atoms with Crippen LogP contribution in [0.5, 0.6) is 0 Å². The SMILES string of the molecule is C[Si](C)(C)C1([Si](C)(C)C)c2cc(N(c3ccc(C4CCCCC4)cc3)c3ccc(C4CCCCC4)cc3)c3ccccc3c2-c2c1cc(N(c1ccc(C3CCCCC3)cc1)c1ccc(C3CCCCC3)cc1)c1ccccc21. The van der Waals surface area contributed by atoms with Crippen molar-refractivity contribution in [2.24, 2.45) is 0 Å². The standard InChI is InChI=1S/C75H88N2Si2/c1-78(2,3)75(79(4,5)6)69-51-71(76(61-43-35-57(36-44-61)53-23-11-7-12-24-53)62-45-37-58(38-46-62)54-25-13-8-14-26-54)65-31-19-21-33-67(65)73(69)74-68-34-22-20-32-66(68)72(52-70(74)75)77(63-47-39-59(40-48-63)55-27-15-9-16-28-55)64-49-41-60(42-50-64)56-29-17-10-18-30-56/h19-22,31-56H,7-18,23-30H2,1-6H3. The Morgan fingerprint density at radius 2 is 0.544 bits per heavy atom. The molecule has 0 aliphatic heterocycles. The largest absolute Gasteiger partial charge is 0.310 e. The van der Waals surface area contributed by atoms with Gasteiger partial charge in [0.25, 0.3) is 0 Å². The molecule has 2 nitrogen and oxygen atoms in total. The second-order valence-electron chi connectivity index (χ2n) is 27.4. The normalized spacial score (nSPS) is 18.7. The van der Waals surface area contributed by atoms with Crippen molar-refractivity contribution in [3.8, 4) is 11.1 Å². The predicted octanol–water partition coefficient (Wildman–Crippen LogP) is 23.1. The Bertz CT molecular complexity index is 3070. The fourth-order valence-corrected chi connectivity index (χ4v) is 30.3. The van der Waals surface area contributed by atoms with Crippen molar-refractivity contribution in [3.05, 3.63) is 191 Å². The van der Waals surface area contributed by atoms with Gasteiger partial charge in [-0.25, -0.2) is 0 Å². The number of benzene rings is 8. The van der Waals surface area contributed by atoms with Gasteiger partial charge >= 0.3 is 0 Å². The fourth-order valence-electron chi connectivity index (χ4n) is 17.3. The van der Waals surface area contributed by atoms with E-state index in [0.29, 0.717) is 23.7 Å². The quantitative estimate of drug-likeness (QED) is 0.113. The minimum Gasteiger partial charge on any atom is -0.310 e. The molecule has 13 rings (SSSR count). The van der Waals surface area contributed by atoms with E-state index in [2.05, 4.69) is 207 Å². The molecule has 0 bridgehead atoms. The molecule has 0 heterocycles. The minimum absolute atomic E-state index is 0.134. The molecule has 406 valence electrons. The molecule has 0 saturated heterocycles. The maximum absolute atomic E-state index is 2.76. The minimum atomic E-state index is -2.20. The Balaban J connectivity index is 1.04. The maximum Gasteiger partial charge on any atom is 0.0579 e. The van der Waals surface area contributed by atoms with Gasteiger partial charge in [-0.05, 0) is 191 Å². The van der Waals surface area contributed by atoms with E-state index in [1.54, 1.807) is 11.1 Å². The van der Waals surface area contributed by atoms with E-state index in [4.69, 9.17) is 0 Å². The van der Waals surface area contributed by atoms with Gasteiger partial charge in [-0.3, -0.25) is 0 Å². The molecule has 5 aliphatic rings. The van der Waals surface area contributed by atoms with Crippen LogP contribution in [0.3, 0.4) is 0 Å². The number of nitrogens with zero attached hydrogens (tertiary/aromatic N) is 2. The average molecular weight is 1070 g/mol. The number of hydrogen-bond acceptors (Lipinski definition) is 2. The summed E-state index contributed by atoms with van der Waals surface area (Å²) in [7, 11) is -4.40. The Morgan fingerprint density at radius 3 is 0.785 bits per heavy atom. The van der Waals surface area contributed by atoms with Crippen LogP contribution in [0, 0.1) is 0 Å². The Labute approximate surface area is 477 Å². The van der Waals surface area contributed by atoms with Crippen LogP contribution in [0.25, 0.3) is 32.7 Å². The highest BCUT2D eigenvalue weighted by atomic mass is 28.4. The highest BCUT2D eigenvalue weighted by Crippen LogP contribution is 2.64. The van der Waals surface area contributed by atoms with Crippen LogP contribution in [0.15, 0.2) is 158 Å². The lowest BCUT2D eigenvalue weighted by molar-refractivity contribution is 0.443. The topological polar surface area (TPSA) is 6.48 Å². The van der Waals surface area contributed by atoms with Crippen molar-refractivity contribution >= 4 is 71.8 Å². The van der Waals surface area contributed by atoms with Gasteiger partial charge in [0.15, 0.2) is 0 Å². The number of anilines is 6. The lowest BCUT2D eigenvalue weighted by Crippen LogP contribution is -2.63. The lowest BCUT2D eigenvalue weighted by Gasteiger charge is -2.51. The predicted molar refractivity (Wildman–Crippen MR) is 347 cm³/mol. The second-order valence-corrected chi connectivity index (χ2v) is 38.4. The highest BCUT2D eigenvalue weighted by Gasteiger charge is 2.60. The summed E-state index contributed by atoms with van der Waals surface area (Å²) in [6.45, 7) is 16.3. The second kappa shape index (κ2) is 21.7. The van der Waals surface area contributed by atoms with Crippen LogP contribution in [0.1, 0.15) is 185 Å². The molecular weight excluding hydrogens is 985 g/mol.